The summed E-state index contributed by atoms with van der Waals surface area (Å²) in [6.45, 7) is 12.7. The summed E-state index contributed by atoms with van der Waals surface area (Å²) in [6, 6.07) is 4.93. The van der Waals surface area contributed by atoms with E-state index in [0.29, 0.717) is 44.3 Å². The molecule has 0 spiro atoms. The molecule has 1 aromatic heterocycles. The number of nitrogens with zero attached hydrogens (tertiary/aromatic N) is 4. The van der Waals surface area contributed by atoms with Crippen molar-refractivity contribution < 1.29 is 42.1 Å². The van der Waals surface area contributed by atoms with Gasteiger partial charge in [-0.1, -0.05) is 34.5 Å². The van der Waals surface area contributed by atoms with Crippen LogP contribution in [0.1, 0.15) is 76.8 Å². The number of halogens is 4. The van der Waals surface area contributed by atoms with Crippen LogP contribution in [-0.4, -0.2) is 93.4 Å². The molecule has 2 aromatic carbocycles. The first-order chi connectivity index (χ1) is 26.3. The summed E-state index contributed by atoms with van der Waals surface area (Å²) in [7, 11) is 0. The molecule has 3 amide bonds. The number of piperazine rings is 1. The number of ether oxygens (including phenoxy) is 4. The van der Waals surface area contributed by atoms with E-state index in [-0.39, 0.29) is 56.4 Å². The molecule has 3 aliphatic rings. The summed E-state index contributed by atoms with van der Waals surface area (Å²) in [5.74, 6) is -1.59. The molecule has 2 bridgehead atoms. The number of fused-ring (bicyclic) bond motifs is 2. The number of amides is 3. The van der Waals surface area contributed by atoms with Crippen LogP contribution < -0.4 is 9.47 Å². The molecule has 1 aliphatic carbocycles. The van der Waals surface area contributed by atoms with E-state index in [9.17, 15) is 18.4 Å². The normalized spacial score (nSPS) is 18.5. The predicted molar refractivity (Wildman–Crippen MR) is 209 cm³/mol. The SMILES string of the molecule is Cc1cc(Cl)c(OCCOc2ncc(C3=C(C(=O)N(Cc4cc(F)cc(F)c4)C4CC4)C4CN(C(=O)OC(C)(C)C)CC(C3)N4C(=O)OC(C)(C)C)s2)c(Cl)c1. The highest BCUT2D eigenvalue weighted by Gasteiger charge is 2.51. The van der Waals surface area contributed by atoms with Crippen LogP contribution in [0.4, 0.5) is 18.4 Å². The second kappa shape index (κ2) is 16.4. The van der Waals surface area contributed by atoms with Crippen molar-refractivity contribution in [1.29, 1.82) is 0 Å². The second-order valence-corrected chi connectivity index (χ2v) is 18.0. The molecule has 2 unspecified atom stereocenters. The van der Waals surface area contributed by atoms with Crippen LogP contribution in [0.2, 0.25) is 10.0 Å². The molecule has 0 N–H and O–H groups in total. The fourth-order valence-corrected chi connectivity index (χ4v) is 8.41. The number of benzene rings is 2. The van der Waals surface area contributed by atoms with E-state index in [4.69, 9.17) is 42.1 Å². The Balaban J connectivity index is 1.36. The van der Waals surface area contributed by atoms with Crippen LogP contribution in [0.25, 0.3) is 5.57 Å². The van der Waals surface area contributed by atoms with Crippen molar-refractivity contribution in [3.05, 3.63) is 79.8 Å². The zero-order chi connectivity index (χ0) is 40.7. The van der Waals surface area contributed by atoms with Crippen LogP contribution in [-0.2, 0) is 20.8 Å². The summed E-state index contributed by atoms with van der Waals surface area (Å²) in [6.07, 6.45) is 1.96. The minimum absolute atomic E-state index is 0.0635. The summed E-state index contributed by atoms with van der Waals surface area (Å²) in [5.41, 5.74) is 0.423. The standard InChI is InChI=1S/C40H46Cl2F2N4O7S/c1-22-12-29(41)34(30(42)13-22)52-10-11-53-36-45-18-32(56-36)28-17-27-20-46(37(50)54-39(2,3)4)21-31(48(27)38(51)55-40(5,6)7)33(28)35(49)47(26-8-9-26)19-23-14-24(43)16-25(44)15-23/h12-16,18,26-27,31H,8-11,17,19-21H2,1-7H3. The molecule has 3 aromatic rings. The smallest absolute Gasteiger partial charge is 0.411 e. The number of thiazole rings is 1. The Morgan fingerprint density at radius 1 is 0.893 bits per heavy atom. The fraction of sp³-hybridized carbons (Fsp3) is 0.500. The van der Waals surface area contributed by atoms with Crippen LogP contribution in [0.15, 0.2) is 42.1 Å². The number of rotatable bonds is 10. The van der Waals surface area contributed by atoms with E-state index < -0.39 is 53.0 Å². The molecule has 6 rings (SSSR count). The molecule has 2 atom stereocenters. The molecule has 16 heteroatoms. The zero-order valence-electron chi connectivity index (χ0n) is 32.4. The van der Waals surface area contributed by atoms with Gasteiger partial charge in [-0.05, 0) is 109 Å². The summed E-state index contributed by atoms with van der Waals surface area (Å²) < 4.78 is 52.1. The van der Waals surface area contributed by atoms with Crippen molar-refractivity contribution in [2.75, 3.05) is 26.3 Å². The lowest BCUT2D eigenvalue weighted by atomic mass is 9.83. The van der Waals surface area contributed by atoms with Crippen molar-refractivity contribution in [1.82, 2.24) is 19.7 Å². The summed E-state index contributed by atoms with van der Waals surface area (Å²) >= 11 is 13.9. The van der Waals surface area contributed by atoms with Gasteiger partial charge in [-0.15, -0.1) is 0 Å². The molecule has 3 heterocycles. The van der Waals surface area contributed by atoms with Crippen molar-refractivity contribution in [3.63, 3.8) is 0 Å². The first kappa shape index (κ1) is 41.5. The molecular formula is C40H46Cl2F2N4O7S. The van der Waals surface area contributed by atoms with E-state index in [0.717, 1.165) is 11.6 Å². The molecule has 0 radical (unpaired) electrons. The van der Waals surface area contributed by atoms with Crippen LogP contribution >= 0.6 is 34.5 Å². The van der Waals surface area contributed by atoms with Gasteiger partial charge in [0.2, 0.25) is 0 Å². The Morgan fingerprint density at radius 3 is 2.11 bits per heavy atom. The maximum absolute atomic E-state index is 15.1. The maximum atomic E-state index is 15.1. The third kappa shape index (κ3) is 10.0. The number of aryl methyl sites for hydroxylation is 1. The van der Waals surface area contributed by atoms with E-state index in [1.54, 1.807) is 69.7 Å². The first-order valence-electron chi connectivity index (χ1n) is 18.4. The first-order valence-corrected chi connectivity index (χ1v) is 20.0. The monoisotopic (exact) mass is 834 g/mol. The zero-order valence-corrected chi connectivity index (χ0v) is 34.7. The van der Waals surface area contributed by atoms with Crippen LogP contribution in [0.3, 0.4) is 0 Å². The van der Waals surface area contributed by atoms with Crippen molar-refractivity contribution in [2.24, 2.45) is 0 Å². The fourth-order valence-electron chi connectivity index (χ4n) is 6.85. The highest BCUT2D eigenvalue weighted by molar-refractivity contribution is 7.14. The van der Waals surface area contributed by atoms with Crippen molar-refractivity contribution in [2.45, 2.75) is 104 Å². The van der Waals surface area contributed by atoms with Gasteiger partial charge in [-0.2, -0.15) is 0 Å². The van der Waals surface area contributed by atoms with Gasteiger partial charge < -0.3 is 28.7 Å². The molecule has 1 saturated carbocycles. The van der Waals surface area contributed by atoms with E-state index in [1.165, 1.54) is 28.4 Å². The van der Waals surface area contributed by atoms with Gasteiger partial charge in [0, 0.05) is 43.5 Å². The van der Waals surface area contributed by atoms with Crippen LogP contribution in [0.5, 0.6) is 10.9 Å². The summed E-state index contributed by atoms with van der Waals surface area (Å²) in [5, 5.41) is 1.08. The van der Waals surface area contributed by atoms with Gasteiger partial charge in [0.25, 0.3) is 11.1 Å². The highest BCUT2D eigenvalue weighted by Crippen LogP contribution is 2.44. The van der Waals surface area contributed by atoms with Gasteiger partial charge in [-0.25, -0.2) is 23.4 Å². The number of carbonyl (C=O) groups excluding carboxylic acids is 3. The minimum Gasteiger partial charge on any atom is -0.487 e. The largest absolute Gasteiger partial charge is 0.487 e. The molecule has 302 valence electrons. The Bertz CT molecular complexity index is 1980. The van der Waals surface area contributed by atoms with Crippen molar-refractivity contribution in [3.8, 4) is 10.9 Å². The average molecular weight is 836 g/mol. The quantitative estimate of drug-likeness (QED) is 0.186. The van der Waals surface area contributed by atoms with Gasteiger partial charge in [0.15, 0.2) is 5.75 Å². The molecular weight excluding hydrogens is 789 g/mol. The topological polar surface area (TPSA) is 111 Å². The Labute approximate surface area is 339 Å². The Morgan fingerprint density at radius 2 is 1.50 bits per heavy atom. The second-order valence-electron chi connectivity index (χ2n) is 16.2. The average Bonchev–Trinajstić information content (AvgIpc) is 3.80. The van der Waals surface area contributed by atoms with Gasteiger partial charge >= 0.3 is 12.2 Å². The van der Waals surface area contributed by atoms with Crippen LogP contribution in [0, 0.1) is 18.6 Å². The number of aromatic nitrogens is 1. The molecule has 2 fully saturated rings. The van der Waals surface area contributed by atoms with E-state index >= 15 is 4.79 Å². The minimum atomic E-state index is -0.957. The van der Waals surface area contributed by atoms with E-state index in [2.05, 4.69) is 4.98 Å². The summed E-state index contributed by atoms with van der Waals surface area (Å²) in [4.78, 5) is 52.5. The van der Waals surface area contributed by atoms with Gasteiger partial charge in [0.05, 0.1) is 27.0 Å². The lowest BCUT2D eigenvalue weighted by Crippen LogP contribution is -2.66. The number of carbonyl (C=O) groups is 3. The molecule has 56 heavy (non-hydrogen) atoms. The Kier molecular flexibility index (Phi) is 12.1. The molecule has 2 aliphatic heterocycles. The highest BCUT2D eigenvalue weighted by atomic mass is 35.5. The predicted octanol–water partition coefficient (Wildman–Crippen LogP) is 9.07. The third-order valence-electron chi connectivity index (χ3n) is 9.14. The lowest BCUT2D eigenvalue weighted by Gasteiger charge is -2.51. The van der Waals surface area contributed by atoms with E-state index in [1.807, 2.05) is 6.92 Å². The van der Waals surface area contributed by atoms with Crippen molar-refractivity contribution >= 4 is 58.2 Å². The Hall–Kier alpha value is -4.14. The maximum Gasteiger partial charge on any atom is 0.411 e. The molecule has 11 nitrogen and oxygen atoms in total. The number of hydrogen-bond donors (Lipinski definition) is 0. The van der Waals surface area contributed by atoms with Gasteiger partial charge in [0.1, 0.15) is 36.1 Å². The number of hydrogen-bond acceptors (Lipinski definition) is 9. The molecule has 1 saturated heterocycles. The third-order valence-corrected chi connectivity index (χ3v) is 10.7. The van der Waals surface area contributed by atoms with Gasteiger partial charge in [-0.3, -0.25) is 9.69 Å². The lowest BCUT2D eigenvalue weighted by molar-refractivity contribution is -0.129.